The third-order valence-corrected chi connectivity index (χ3v) is 2.95. The summed E-state index contributed by atoms with van der Waals surface area (Å²) in [5.41, 5.74) is 0. The van der Waals surface area contributed by atoms with Gasteiger partial charge in [-0.2, -0.15) is 0 Å². The van der Waals surface area contributed by atoms with Gasteiger partial charge >= 0.3 is 0 Å². The Hall–Kier alpha value is 0.350. The Bertz CT molecular complexity index is 99.5. The number of aliphatic hydroxyl groups is 2. The quantitative estimate of drug-likeness (QED) is 0.437. The zero-order valence-electron chi connectivity index (χ0n) is 9.12. The van der Waals surface area contributed by atoms with Gasteiger partial charge in [0.2, 0.25) is 0 Å². The molecule has 0 heterocycles. The average Bonchev–Trinajstić information content (AvgIpc) is 2.18. The van der Waals surface area contributed by atoms with Crippen molar-refractivity contribution in [1.82, 2.24) is 0 Å². The first kappa shape index (κ1) is 14.3. The van der Waals surface area contributed by atoms with E-state index >= 15 is 0 Å². The Balaban J connectivity index is 3.44. The van der Waals surface area contributed by atoms with E-state index in [0.29, 0.717) is 13.2 Å². The second kappa shape index (κ2) is 11.4. The maximum atomic E-state index is 8.69. The van der Waals surface area contributed by atoms with Crippen molar-refractivity contribution in [3.63, 3.8) is 0 Å². The molecule has 0 aliphatic heterocycles. The molecule has 0 aromatic carbocycles. The molecule has 3 heteroatoms. The largest absolute Gasteiger partial charge is 0.396 e. The van der Waals surface area contributed by atoms with Crippen LogP contribution in [0.3, 0.4) is 0 Å². The van der Waals surface area contributed by atoms with Crippen molar-refractivity contribution in [1.29, 1.82) is 0 Å². The Morgan fingerprint density at radius 1 is 0.786 bits per heavy atom. The van der Waals surface area contributed by atoms with E-state index in [9.17, 15) is 0 Å². The molecular weight excluding hydrogens is 195 g/mol. The lowest BCUT2D eigenvalue weighted by atomic mass is 9.93. The Kier molecular flexibility index (Phi) is 11.7. The lowest BCUT2D eigenvalue weighted by Gasteiger charge is -2.15. The highest BCUT2D eigenvalue weighted by Crippen LogP contribution is 2.20. The summed E-state index contributed by atoms with van der Waals surface area (Å²) in [7, 11) is 2.78. The number of hydrogen-bond acceptors (Lipinski definition) is 2. The fourth-order valence-electron chi connectivity index (χ4n) is 1.76. The summed E-state index contributed by atoms with van der Waals surface area (Å²) in [5.74, 6) is 0.797. The minimum absolute atomic E-state index is 0.324. The molecule has 0 bridgehead atoms. The van der Waals surface area contributed by atoms with Gasteiger partial charge in [-0.25, -0.2) is 0 Å². The summed E-state index contributed by atoms with van der Waals surface area (Å²) >= 11 is 0. The average molecular weight is 220 g/mol. The lowest BCUT2D eigenvalue weighted by molar-refractivity contribution is 0.266. The minimum atomic E-state index is 0.324. The van der Waals surface area contributed by atoms with Crippen molar-refractivity contribution in [2.24, 2.45) is 5.92 Å². The zero-order chi connectivity index (χ0) is 10.6. The van der Waals surface area contributed by atoms with Crippen LogP contribution in [-0.4, -0.2) is 29.6 Å². The molecule has 0 amide bonds. The molecule has 0 rings (SSSR count). The summed E-state index contributed by atoms with van der Waals surface area (Å²) in [5, 5.41) is 17.4. The van der Waals surface area contributed by atoms with E-state index in [2.05, 4.69) is 9.24 Å². The molecular formula is C11H25O2P. The van der Waals surface area contributed by atoms with E-state index in [4.69, 9.17) is 10.2 Å². The lowest BCUT2D eigenvalue weighted by Crippen LogP contribution is -2.02. The van der Waals surface area contributed by atoms with Crippen LogP contribution >= 0.6 is 9.24 Å². The number of aliphatic hydroxyl groups excluding tert-OH is 2. The van der Waals surface area contributed by atoms with E-state index in [-0.39, 0.29) is 0 Å². The molecule has 0 aliphatic carbocycles. The van der Waals surface area contributed by atoms with Crippen LogP contribution in [0.4, 0.5) is 0 Å². The smallest absolute Gasteiger partial charge is 0.0431 e. The fourth-order valence-corrected chi connectivity index (χ4v) is 2.23. The van der Waals surface area contributed by atoms with E-state index in [1.807, 2.05) is 0 Å². The first-order valence-corrected chi connectivity index (χ1v) is 6.58. The van der Waals surface area contributed by atoms with Gasteiger partial charge in [-0.1, -0.05) is 25.7 Å². The van der Waals surface area contributed by atoms with Gasteiger partial charge in [0.15, 0.2) is 0 Å². The van der Waals surface area contributed by atoms with Crippen LogP contribution in [0, 0.1) is 5.92 Å². The van der Waals surface area contributed by atoms with Gasteiger partial charge in [0.1, 0.15) is 0 Å². The van der Waals surface area contributed by atoms with Crippen molar-refractivity contribution in [2.45, 2.75) is 44.9 Å². The molecule has 0 aromatic rings. The van der Waals surface area contributed by atoms with E-state index < -0.39 is 0 Å². The second-order valence-corrected chi connectivity index (χ2v) is 4.46. The van der Waals surface area contributed by atoms with Crippen LogP contribution in [0.5, 0.6) is 0 Å². The van der Waals surface area contributed by atoms with Crippen molar-refractivity contribution in [3.8, 4) is 0 Å². The molecule has 0 aliphatic rings. The molecule has 0 fully saturated rings. The zero-order valence-corrected chi connectivity index (χ0v) is 10.3. The molecule has 0 saturated carbocycles. The van der Waals surface area contributed by atoms with Gasteiger partial charge in [0, 0.05) is 13.2 Å². The summed E-state index contributed by atoms with van der Waals surface area (Å²) in [4.78, 5) is 0. The van der Waals surface area contributed by atoms with E-state index in [1.54, 1.807) is 0 Å². The number of rotatable bonds is 10. The van der Waals surface area contributed by atoms with Crippen LogP contribution in [0.2, 0.25) is 0 Å². The first-order chi connectivity index (χ1) is 6.85. The molecule has 0 radical (unpaired) electrons. The second-order valence-electron chi connectivity index (χ2n) is 3.88. The maximum Gasteiger partial charge on any atom is 0.0431 e. The van der Waals surface area contributed by atoms with Gasteiger partial charge in [-0.05, 0) is 31.3 Å². The predicted molar refractivity (Wildman–Crippen MR) is 64.6 cm³/mol. The van der Waals surface area contributed by atoms with E-state index in [1.165, 1.54) is 25.4 Å². The summed E-state index contributed by atoms with van der Waals surface area (Å²) in [6.45, 7) is 0.647. The van der Waals surface area contributed by atoms with Crippen LogP contribution in [0.25, 0.3) is 0 Å². The predicted octanol–water partition coefficient (Wildman–Crippen LogP) is 2.19. The van der Waals surface area contributed by atoms with Gasteiger partial charge < -0.3 is 10.2 Å². The first-order valence-electron chi connectivity index (χ1n) is 5.77. The Morgan fingerprint density at radius 3 is 1.64 bits per heavy atom. The van der Waals surface area contributed by atoms with Gasteiger partial charge in [-0.15, -0.1) is 9.24 Å². The number of unbranched alkanes of at least 4 members (excludes halogenated alkanes) is 2. The molecule has 0 spiro atoms. The molecule has 1 atom stereocenters. The topological polar surface area (TPSA) is 40.5 Å². The van der Waals surface area contributed by atoms with Crippen molar-refractivity contribution >= 4 is 9.24 Å². The molecule has 14 heavy (non-hydrogen) atoms. The molecule has 86 valence electrons. The Morgan fingerprint density at radius 2 is 1.29 bits per heavy atom. The molecule has 0 saturated heterocycles. The van der Waals surface area contributed by atoms with Crippen LogP contribution < -0.4 is 0 Å². The summed E-state index contributed by atoms with van der Waals surface area (Å²) in [6, 6.07) is 0. The molecule has 0 aromatic heterocycles. The van der Waals surface area contributed by atoms with Crippen LogP contribution in [0.1, 0.15) is 44.9 Å². The van der Waals surface area contributed by atoms with Crippen LogP contribution in [-0.2, 0) is 0 Å². The van der Waals surface area contributed by atoms with Crippen molar-refractivity contribution in [2.75, 3.05) is 19.4 Å². The molecule has 2 N–H and O–H groups in total. The van der Waals surface area contributed by atoms with Gasteiger partial charge in [-0.3, -0.25) is 0 Å². The maximum absolute atomic E-state index is 8.69. The molecule has 1 unspecified atom stereocenters. The highest BCUT2D eigenvalue weighted by Gasteiger charge is 2.06. The fraction of sp³-hybridized carbons (Fsp3) is 1.00. The SMILES string of the molecule is OCCCCC(CCP)CCCCO. The standard InChI is InChI=1S/C11H25O2P/c12-8-3-1-5-11(7-10-14)6-2-4-9-13/h11-13H,1-10,14H2. The van der Waals surface area contributed by atoms with Crippen molar-refractivity contribution < 1.29 is 10.2 Å². The van der Waals surface area contributed by atoms with Crippen molar-refractivity contribution in [3.05, 3.63) is 0 Å². The Labute approximate surface area is 90.3 Å². The normalized spacial score (nSPS) is 11.1. The van der Waals surface area contributed by atoms with Gasteiger partial charge in [0.25, 0.3) is 0 Å². The minimum Gasteiger partial charge on any atom is -0.396 e. The monoisotopic (exact) mass is 220 g/mol. The van der Waals surface area contributed by atoms with Crippen LogP contribution in [0.15, 0.2) is 0 Å². The third kappa shape index (κ3) is 8.93. The van der Waals surface area contributed by atoms with Gasteiger partial charge in [0.05, 0.1) is 0 Å². The summed E-state index contributed by atoms with van der Waals surface area (Å²) < 4.78 is 0. The highest BCUT2D eigenvalue weighted by atomic mass is 31.0. The third-order valence-electron chi connectivity index (χ3n) is 2.62. The highest BCUT2D eigenvalue weighted by molar-refractivity contribution is 7.16. The number of hydrogen-bond donors (Lipinski definition) is 2. The molecule has 2 nitrogen and oxygen atoms in total. The van der Waals surface area contributed by atoms with E-state index in [0.717, 1.165) is 31.6 Å². The summed E-state index contributed by atoms with van der Waals surface area (Å²) in [6.07, 6.45) is 9.07.